The number of rotatable bonds is 4. The summed E-state index contributed by atoms with van der Waals surface area (Å²) in [5, 5.41) is 0.572. The zero-order valence-corrected chi connectivity index (χ0v) is 14.7. The van der Waals surface area contributed by atoms with Gasteiger partial charge in [-0.3, -0.25) is 4.79 Å². The predicted octanol–water partition coefficient (Wildman–Crippen LogP) is 3.61. The number of nitrogens with zero attached hydrogens (tertiary/aromatic N) is 1. The molecule has 23 heavy (non-hydrogen) atoms. The molecule has 2 heterocycles. The zero-order valence-electron chi connectivity index (χ0n) is 12.3. The summed E-state index contributed by atoms with van der Waals surface area (Å²) in [6.45, 7) is 0. The van der Waals surface area contributed by atoms with Crippen LogP contribution in [0.4, 0.5) is 0 Å². The summed E-state index contributed by atoms with van der Waals surface area (Å²) in [5.41, 5.74) is 1.77. The van der Waals surface area contributed by atoms with Gasteiger partial charge in [-0.1, -0.05) is 11.6 Å². The van der Waals surface area contributed by atoms with Crippen LogP contribution in [0, 0.1) is 0 Å². The van der Waals surface area contributed by atoms with E-state index < -0.39 is 10.0 Å². The molecule has 0 bridgehead atoms. The summed E-state index contributed by atoms with van der Waals surface area (Å²) >= 11 is 7.30. The van der Waals surface area contributed by atoms with E-state index in [1.54, 1.807) is 12.1 Å². The summed E-state index contributed by atoms with van der Waals surface area (Å²) in [6.07, 6.45) is 0.730. The quantitative estimate of drug-likeness (QED) is 0.715. The highest BCUT2D eigenvalue weighted by atomic mass is 35.5. The maximum atomic E-state index is 12.3. The number of halogens is 1. The second-order valence-corrected chi connectivity index (χ2v) is 9.00. The molecule has 0 aliphatic rings. The van der Waals surface area contributed by atoms with Gasteiger partial charge in [0.1, 0.15) is 0 Å². The summed E-state index contributed by atoms with van der Waals surface area (Å²) in [6, 6.07) is 8.28. The lowest BCUT2D eigenvalue weighted by molar-refractivity contribution is 0.112. The molecule has 0 unspecified atom stereocenters. The number of carbonyl (C=O) groups is 1. The largest absolute Gasteiger partial charge is 0.353 e. The number of hydrogen-bond acceptors (Lipinski definition) is 4. The van der Waals surface area contributed by atoms with E-state index in [0.717, 1.165) is 15.5 Å². The number of aromatic amines is 1. The van der Waals surface area contributed by atoms with Crippen molar-refractivity contribution in [2.75, 3.05) is 14.1 Å². The average molecular weight is 369 g/mol. The van der Waals surface area contributed by atoms with Gasteiger partial charge in [0.05, 0.1) is 19.8 Å². The van der Waals surface area contributed by atoms with Crippen molar-refractivity contribution in [2.24, 2.45) is 0 Å². The molecule has 1 aromatic carbocycles. The minimum absolute atomic E-state index is 0.146. The first kappa shape index (κ1) is 16.2. The Kier molecular flexibility index (Phi) is 4.05. The van der Waals surface area contributed by atoms with Gasteiger partial charge in [0.25, 0.3) is 0 Å². The Hall–Kier alpha value is -1.67. The van der Waals surface area contributed by atoms with Crippen LogP contribution in [-0.2, 0) is 10.0 Å². The zero-order chi connectivity index (χ0) is 16.8. The molecule has 0 aliphatic carbocycles. The van der Waals surface area contributed by atoms with Gasteiger partial charge in [-0.15, -0.1) is 11.3 Å². The van der Waals surface area contributed by atoms with Crippen molar-refractivity contribution in [1.29, 1.82) is 0 Å². The van der Waals surface area contributed by atoms with Crippen LogP contribution in [-0.4, -0.2) is 38.1 Å². The molecule has 0 saturated heterocycles. The predicted molar refractivity (Wildman–Crippen MR) is 92.9 cm³/mol. The summed E-state index contributed by atoms with van der Waals surface area (Å²) in [4.78, 5) is 15.7. The number of aromatic nitrogens is 1. The highest BCUT2D eigenvalue weighted by Crippen LogP contribution is 2.36. The number of nitrogens with one attached hydrogen (secondary N) is 1. The third-order valence-corrected chi connectivity index (χ3v) is 6.59. The molecular formula is C15H13ClN2O3S2. The van der Waals surface area contributed by atoms with Crippen LogP contribution >= 0.6 is 22.9 Å². The highest BCUT2D eigenvalue weighted by molar-refractivity contribution is 7.89. The fraction of sp³-hybridized carbons (Fsp3) is 0.133. The van der Waals surface area contributed by atoms with Crippen LogP contribution in [0.5, 0.6) is 0 Å². The standard InChI is InChI=1S/C15H13ClN2O3S2/c1-18(2)23(20,21)9-3-4-12-10(7-9)11(8-19)15(17-12)13-5-6-14(16)22-13/h3-8,17H,1-2H3. The van der Waals surface area contributed by atoms with Gasteiger partial charge in [0, 0.05) is 30.6 Å². The van der Waals surface area contributed by atoms with Gasteiger partial charge in [-0.05, 0) is 30.3 Å². The van der Waals surface area contributed by atoms with E-state index in [2.05, 4.69) is 4.98 Å². The minimum Gasteiger partial charge on any atom is -0.353 e. The first-order valence-corrected chi connectivity index (χ1v) is 9.27. The number of fused-ring (bicyclic) bond motifs is 1. The average Bonchev–Trinajstić information content (AvgIpc) is 3.09. The summed E-state index contributed by atoms with van der Waals surface area (Å²) in [5.74, 6) is 0. The summed E-state index contributed by atoms with van der Waals surface area (Å²) < 4.78 is 26.3. The van der Waals surface area contributed by atoms with E-state index >= 15 is 0 Å². The van der Waals surface area contributed by atoms with Crippen molar-refractivity contribution in [3.63, 3.8) is 0 Å². The first-order valence-electron chi connectivity index (χ1n) is 6.63. The Labute approximate surface area is 142 Å². The smallest absolute Gasteiger partial charge is 0.242 e. The second-order valence-electron chi connectivity index (χ2n) is 5.13. The molecule has 0 atom stereocenters. The van der Waals surface area contributed by atoms with Gasteiger partial charge >= 0.3 is 0 Å². The van der Waals surface area contributed by atoms with E-state index in [4.69, 9.17) is 11.6 Å². The minimum atomic E-state index is -3.56. The third kappa shape index (κ3) is 2.70. The van der Waals surface area contributed by atoms with Crippen molar-refractivity contribution in [2.45, 2.75) is 4.90 Å². The van der Waals surface area contributed by atoms with Crippen molar-refractivity contribution in [1.82, 2.24) is 9.29 Å². The van der Waals surface area contributed by atoms with Crippen LogP contribution in [0.25, 0.3) is 21.5 Å². The Morgan fingerprint density at radius 1 is 1.22 bits per heavy atom. The van der Waals surface area contributed by atoms with Crippen LogP contribution in [0.2, 0.25) is 4.34 Å². The van der Waals surface area contributed by atoms with E-state index in [1.165, 1.54) is 37.6 Å². The maximum absolute atomic E-state index is 12.3. The number of sulfonamides is 1. The molecule has 0 amide bonds. The van der Waals surface area contributed by atoms with E-state index in [1.807, 2.05) is 6.07 Å². The van der Waals surface area contributed by atoms with Crippen LogP contribution in [0.15, 0.2) is 35.2 Å². The van der Waals surface area contributed by atoms with Crippen molar-refractivity contribution in [3.05, 3.63) is 40.2 Å². The lowest BCUT2D eigenvalue weighted by Crippen LogP contribution is -2.22. The van der Waals surface area contributed by atoms with Gasteiger partial charge in [0.15, 0.2) is 6.29 Å². The molecule has 1 N–H and O–H groups in total. The maximum Gasteiger partial charge on any atom is 0.242 e. The molecule has 0 aliphatic heterocycles. The van der Waals surface area contributed by atoms with Gasteiger partial charge in [0.2, 0.25) is 10.0 Å². The SMILES string of the molecule is CN(C)S(=O)(=O)c1ccc2[nH]c(-c3ccc(Cl)s3)c(C=O)c2c1. The van der Waals surface area contributed by atoms with Gasteiger partial charge in [-0.25, -0.2) is 12.7 Å². The lowest BCUT2D eigenvalue weighted by atomic mass is 10.1. The van der Waals surface area contributed by atoms with Crippen molar-refractivity contribution in [3.8, 4) is 10.6 Å². The third-order valence-electron chi connectivity index (χ3n) is 3.53. The van der Waals surface area contributed by atoms with E-state index in [-0.39, 0.29) is 4.90 Å². The fourth-order valence-electron chi connectivity index (χ4n) is 2.33. The molecule has 0 fully saturated rings. The first-order chi connectivity index (χ1) is 10.8. The van der Waals surface area contributed by atoms with Crippen LogP contribution < -0.4 is 0 Å². The molecule has 8 heteroatoms. The Morgan fingerprint density at radius 2 is 1.96 bits per heavy atom. The van der Waals surface area contributed by atoms with Crippen molar-refractivity contribution >= 4 is 50.2 Å². The number of hydrogen-bond donors (Lipinski definition) is 1. The Bertz CT molecular complexity index is 1000. The van der Waals surface area contributed by atoms with Gasteiger partial charge < -0.3 is 4.98 Å². The molecule has 3 rings (SSSR count). The van der Waals surface area contributed by atoms with Crippen LogP contribution in [0.1, 0.15) is 10.4 Å². The summed E-state index contributed by atoms with van der Waals surface area (Å²) in [7, 11) is -0.622. The number of thiophene rings is 1. The van der Waals surface area contributed by atoms with Crippen molar-refractivity contribution < 1.29 is 13.2 Å². The molecular weight excluding hydrogens is 356 g/mol. The number of carbonyl (C=O) groups excluding carboxylic acids is 1. The molecule has 5 nitrogen and oxygen atoms in total. The van der Waals surface area contributed by atoms with Gasteiger partial charge in [-0.2, -0.15) is 0 Å². The fourth-order valence-corrected chi connectivity index (χ4v) is 4.31. The topological polar surface area (TPSA) is 70.2 Å². The molecule has 0 radical (unpaired) electrons. The monoisotopic (exact) mass is 368 g/mol. The number of benzene rings is 1. The lowest BCUT2D eigenvalue weighted by Gasteiger charge is -2.11. The normalized spacial score (nSPS) is 12.2. The molecule has 3 aromatic rings. The Morgan fingerprint density at radius 3 is 2.52 bits per heavy atom. The number of aldehydes is 1. The van der Waals surface area contributed by atoms with Crippen LogP contribution in [0.3, 0.4) is 0 Å². The highest BCUT2D eigenvalue weighted by Gasteiger charge is 2.20. The molecule has 0 spiro atoms. The van der Waals surface area contributed by atoms with E-state index in [0.29, 0.717) is 26.5 Å². The Balaban J connectivity index is 2.26. The number of H-pyrrole nitrogens is 1. The van der Waals surface area contributed by atoms with E-state index in [9.17, 15) is 13.2 Å². The molecule has 0 saturated carbocycles. The second kappa shape index (κ2) is 5.76. The molecule has 2 aromatic heterocycles. The molecule has 120 valence electrons.